The Hall–Kier alpha value is -0.210. The summed E-state index contributed by atoms with van der Waals surface area (Å²) < 4.78 is 40.1. The first-order valence-electron chi connectivity index (χ1n) is 5.05. The van der Waals surface area contributed by atoms with E-state index in [2.05, 4.69) is 0 Å². The largest absolute Gasteiger partial charge is 0.347 e. The van der Waals surface area contributed by atoms with Gasteiger partial charge in [-0.1, -0.05) is 0 Å². The summed E-state index contributed by atoms with van der Waals surface area (Å²) in [6, 6.07) is -0.123. The van der Waals surface area contributed by atoms with Gasteiger partial charge in [-0.3, -0.25) is 4.18 Å². The summed E-state index contributed by atoms with van der Waals surface area (Å²) in [5.41, 5.74) is 0. The van der Waals surface area contributed by atoms with Crippen LogP contribution in [0.15, 0.2) is 0 Å². The smallest absolute Gasteiger partial charge is 0.338 e. The van der Waals surface area contributed by atoms with Gasteiger partial charge in [0.2, 0.25) is 0 Å². The third-order valence-corrected chi connectivity index (χ3v) is 4.67. The van der Waals surface area contributed by atoms with Crippen LogP contribution in [0.3, 0.4) is 0 Å². The van der Waals surface area contributed by atoms with Crippen molar-refractivity contribution in [3.8, 4) is 0 Å². The van der Waals surface area contributed by atoms with Crippen molar-refractivity contribution in [2.45, 2.75) is 24.7 Å². The molecule has 3 heterocycles. The van der Waals surface area contributed by atoms with E-state index in [1.807, 2.05) is 0 Å². The molecule has 0 unspecified atom stereocenters. The summed E-state index contributed by atoms with van der Waals surface area (Å²) in [6.45, 7) is 1.84. The van der Waals surface area contributed by atoms with Crippen molar-refractivity contribution in [1.82, 2.24) is 4.31 Å². The highest BCUT2D eigenvalue weighted by Crippen LogP contribution is 2.38. The molecule has 6 nitrogen and oxygen atoms in total. The average Bonchev–Trinajstić information content (AvgIpc) is 2.74. The van der Waals surface area contributed by atoms with Gasteiger partial charge in [0, 0.05) is 19.4 Å². The van der Waals surface area contributed by atoms with Crippen LogP contribution < -0.4 is 0 Å². The molecule has 0 radical (unpaired) electrons. The molecule has 86 valence electrons. The Morgan fingerprint density at radius 3 is 2.73 bits per heavy atom. The van der Waals surface area contributed by atoms with E-state index in [0.717, 1.165) is 0 Å². The Labute approximate surface area is 88.3 Å². The summed E-state index contributed by atoms with van der Waals surface area (Å²) >= 11 is 0. The number of piperidine rings is 1. The first kappa shape index (κ1) is 9.98. The first-order valence-corrected chi connectivity index (χ1v) is 6.42. The third-order valence-electron chi connectivity index (χ3n) is 3.18. The van der Waals surface area contributed by atoms with Crippen molar-refractivity contribution in [2.75, 3.05) is 26.4 Å². The lowest BCUT2D eigenvalue weighted by Gasteiger charge is -2.37. The van der Waals surface area contributed by atoms with Crippen molar-refractivity contribution >= 4 is 10.3 Å². The van der Waals surface area contributed by atoms with Crippen molar-refractivity contribution in [3.63, 3.8) is 0 Å². The predicted octanol–water partition coefficient (Wildman–Crippen LogP) is -0.531. The first-order chi connectivity index (χ1) is 7.11. The van der Waals surface area contributed by atoms with Crippen LogP contribution in [0.5, 0.6) is 0 Å². The zero-order chi connectivity index (χ0) is 10.5. The molecule has 1 spiro atoms. The molecule has 15 heavy (non-hydrogen) atoms. The van der Waals surface area contributed by atoms with E-state index in [4.69, 9.17) is 13.7 Å². The summed E-state index contributed by atoms with van der Waals surface area (Å²) in [7, 11) is -3.47. The lowest BCUT2D eigenvalue weighted by atomic mass is 9.99. The maximum Gasteiger partial charge on any atom is 0.338 e. The monoisotopic (exact) mass is 235 g/mol. The molecule has 3 fully saturated rings. The van der Waals surface area contributed by atoms with Crippen LogP contribution in [0.1, 0.15) is 12.8 Å². The third kappa shape index (κ3) is 1.50. The van der Waals surface area contributed by atoms with Gasteiger partial charge in [-0.2, -0.15) is 12.7 Å². The van der Waals surface area contributed by atoms with E-state index in [-0.39, 0.29) is 12.6 Å². The number of rotatable bonds is 0. The van der Waals surface area contributed by atoms with Crippen LogP contribution in [-0.4, -0.2) is 50.9 Å². The zero-order valence-electron chi connectivity index (χ0n) is 8.22. The second-order valence-corrected chi connectivity index (χ2v) is 5.63. The Bertz CT molecular complexity index is 361. The topological polar surface area (TPSA) is 65.1 Å². The van der Waals surface area contributed by atoms with Gasteiger partial charge in [-0.25, -0.2) is 0 Å². The molecular weight excluding hydrogens is 222 g/mol. The van der Waals surface area contributed by atoms with Gasteiger partial charge < -0.3 is 9.47 Å². The number of fused-ring (bicyclic) bond motifs is 1. The SMILES string of the molecule is O=S1(=O)OC[C@H]2CC3(CCN21)OCCO3. The second-order valence-electron chi connectivity index (χ2n) is 4.07. The van der Waals surface area contributed by atoms with Gasteiger partial charge in [0.1, 0.15) is 0 Å². The van der Waals surface area contributed by atoms with Crippen LogP contribution in [0.2, 0.25) is 0 Å². The molecule has 1 atom stereocenters. The van der Waals surface area contributed by atoms with Crippen LogP contribution in [0, 0.1) is 0 Å². The number of hydrogen-bond donors (Lipinski definition) is 0. The normalized spacial score (nSPS) is 38.3. The van der Waals surface area contributed by atoms with Gasteiger partial charge in [0.25, 0.3) is 0 Å². The van der Waals surface area contributed by atoms with E-state index in [0.29, 0.717) is 32.6 Å². The fourth-order valence-electron chi connectivity index (χ4n) is 2.45. The van der Waals surface area contributed by atoms with E-state index in [1.54, 1.807) is 0 Å². The minimum atomic E-state index is -3.47. The highest BCUT2D eigenvalue weighted by Gasteiger charge is 2.51. The number of hydrogen-bond acceptors (Lipinski definition) is 5. The molecule has 0 N–H and O–H groups in total. The summed E-state index contributed by atoms with van der Waals surface area (Å²) in [5, 5.41) is 0. The quantitative estimate of drug-likeness (QED) is 0.564. The highest BCUT2D eigenvalue weighted by atomic mass is 32.2. The molecule has 3 aliphatic heterocycles. The maximum atomic E-state index is 11.4. The number of ether oxygens (including phenoxy) is 2. The molecule has 3 rings (SSSR count). The Morgan fingerprint density at radius 1 is 1.27 bits per heavy atom. The number of nitrogens with zero attached hydrogens (tertiary/aromatic N) is 1. The fourth-order valence-corrected chi connectivity index (χ4v) is 3.73. The van der Waals surface area contributed by atoms with E-state index < -0.39 is 16.1 Å². The molecule has 0 aliphatic carbocycles. The van der Waals surface area contributed by atoms with Gasteiger partial charge in [0.15, 0.2) is 5.79 Å². The summed E-state index contributed by atoms with van der Waals surface area (Å²) in [6.07, 6.45) is 1.16. The molecular formula is C8H13NO5S. The average molecular weight is 235 g/mol. The maximum absolute atomic E-state index is 11.4. The van der Waals surface area contributed by atoms with Crippen LogP contribution in [-0.2, 0) is 24.0 Å². The Morgan fingerprint density at radius 2 is 2.00 bits per heavy atom. The molecule has 3 aliphatic rings. The van der Waals surface area contributed by atoms with Gasteiger partial charge in [-0.05, 0) is 0 Å². The lowest BCUT2D eigenvalue weighted by Crippen LogP contribution is -2.50. The molecule has 0 bridgehead atoms. The highest BCUT2D eigenvalue weighted by molar-refractivity contribution is 7.84. The second kappa shape index (κ2) is 3.14. The fraction of sp³-hybridized carbons (Fsp3) is 1.00. The molecule has 0 aromatic rings. The minimum absolute atomic E-state index is 0.123. The van der Waals surface area contributed by atoms with Crippen LogP contribution in [0.4, 0.5) is 0 Å². The Kier molecular flexibility index (Phi) is 2.09. The molecule has 0 saturated carbocycles. The summed E-state index contributed by atoms with van der Waals surface area (Å²) in [4.78, 5) is 0. The van der Waals surface area contributed by atoms with Crippen molar-refractivity contribution < 1.29 is 22.1 Å². The van der Waals surface area contributed by atoms with Crippen LogP contribution >= 0.6 is 0 Å². The van der Waals surface area contributed by atoms with E-state index in [1.165, 1.54) is 4.31 Å². The van der Waals surface area contributed by atoms with E-state index in [9.17, 15) is 8.42 Å². The standard InChI is InChI=1S/C8H13NO5S/c10-15(11)9-2-1-8(12-3-4-13-8)5-7(9)6-14-15/h7H,1-6H2/t7-/m1/s1. The predicted molar refractivity (Wildman–Crippen MR) is 49.2 cm³/mol. The summed E-state index contributed by atoms with van der Waals surface area (Å²) in [5.74, 6) is -0.551. The van der Waals surface area contributed by atoms with Crippen molar-refractivity contribution in [1.29, 1.82) is 0 Å². The van der Waals surface area contributed by atoms with Gasteiger partial charge in [-0.15, -0.1) is 0 Å². The van der Waals surface area contributed by atoms with Crippen molar-refractivity contribution in [3.05, 3.63) is 0 Å². The lowest BCUT2D eigenvalue weighted by molar-refractivity contribution is -0.187. The Balaban J connectivity index is 1.81. The molecule has 0 aromatic heterocycles. The minimum Gasteiger partial charge on any atom is -0.347 e. The molecule has 0 amide bonds. The molecule has 7 heteroatoms. The van der Waals surface area contributed by atoms with Gasteiger partial charge >= 0.3 is 10.3 Å². The zero-order valence-corrected chi connectivity index (χ0v) is 9.03. The van der Waals surface area contributed by atoms with Crippen LogP contribution in [0.25, 0.3) is 0 Å². The van der Waals surface area contributed by atoms with Crippen molar-refractivity contribution in [2.24, 2.45) is 0 Å². The molecule has 3 saturated heterocycles. The molecule has 0 aromatic carbocycles. The van der Waals surface area contributed by atoms with E-state index >= 15 is 0 Å². The van der Waals surface area contributed by atoms with Gasteiger partial charge in [0.05, 0.1) is 25.9 Å².